The lowest BCUT2D eigenvalue weighted by molar-refractivity contribution is -0.147. The van der Waals surface area contributed by atoms with Crippen LogP contribution in [-0.4, -0.2) is 58.4 Å². The van der Waals surface area contributed by atoms with Gasteiger partial charge in [0.1, 0.15) is 11.2 Å². The highest BCUT2D eigenvalue weighted by atomic mass is 16.5. The third-order valence-corrected chi connectivity index (χ3v) is 8.40. The Morgan fingerprint density at radius 2 is 1.79 bits per heavy atom. The summed E-state index contributed by atoms with van der Waals surface area (Å²) < 4.78 is 8.17. The van der Waals surface area contributed by atoms with Gasteiger partial charge in [0.15, 0.2) is 11.5 Å². The molecule has 0 aliphatic heterocycles. The van der Waals surface area contributed by atoms with Gasteiger partial charge in [0, 0.05) is 28.8 Å². The maximum absolute atomic E-state index is 12.0. The fourth-order valence-corrected chi connectivity index (χ4v) is 6.04. The van der Waals surface area contributed by atoms with Gasteiger partial charge in [-0.3, -0.25) is 9.78 Å². The van der Waals surface area contributed by atoms with Crippen LogP contribution in [0.2, 0.25) is 0 Å². The van der Waals surface area contributed by atoms with Gasteiger partial charge in [-0.1, -0.05) is 53.7 Å². The number of nitrogens with zero attached hydrogens (tertiary/aromatic N) is 7. The number of esters is 1. The Morgan fingerprint density at radius 3 is 2.53 bits per heavy atom. The summed E-state index contributed by atoms with van der Waals surface area (Å²) in [6.45, 7) is 0. The summed E-state index contributed by atoms with van der Waals surface area (Å²) in [7, 11) is 1.34. The van der Waals surface area contributed by atoms with Crippen LogP contribution in [0.15, 0.2) is 79.1 Å². The van der Waals surface area contributed by atoms with Gasteiger partial charge in [0.25, 0.3) is 0 Å². The van der Waals surface area contributed by atoms with Crippen molar-refractivity contribution in [3.05, 3.63) is 84.8 Å². The Labute approximate surface area is 247 Å². The quantitative estimate of drug-likeness (QED) is 0.270. The minimum atomic E-state index is -1.12. The molecule has 0 saturated heterocycles. The third-order valence-electron chi connectivity index (χ3n) is 8.40. The van der Waals surface area contributed by atoms with Crippen molar-refractivity contribution < 1.29 is 14.6 Å². The number of carbonyl (C=O) groups is 1. The maximum Gasteiger partial charge on any atom is 0.308 e. The molecule has 4 aromatic heterocycles. The van der Waals surface area contributed by atoms with E-state index in [9.17, 15) is 9.90 Å². The number of pyridine rings is 1. The number of aliphatic hydroxyl groups is 1. The lowest BCUT2D eigenvalue weighted by Crippen LogP contribution is -2.36. The predicted octanol–water partition coefficient (Wildman–Crippen LogP) is 4.73. The number of para-hydroxylation sites is 1. The molecule has 11 heteroatoms. The highest BCUT2D eigenvalue weighted by molar-refractivity contribution is 5.82. The summed E-state index contributed by atoms with van der Waals surface area (Å²) in [5.74, 6) is -0.0917. The highest BCUT2D eigenvalue weighted by Gasteiger charge is 2.38. The number of hydrogen-bond acceptors (Lipinski definition) is 9. The molecule has 0 amide bonds. The number of hydrogen-bond donors (Lipinski definition) is 2. The highest BCUT2D eigenvalue weighted by Crippen LogP contribution is 2.43. The molecule has 2 aromatic carbocycles. The van der Waals surface area contributed by atoms with Gasteiger partial charge in [-0.2, -0.15) is 9.61 Å². The standard InChI is InChI=1S/C32H30N8O3/c1-43-27(41)17-32(42)15-13-21(14-16-32)28-29(39-26-10-6-5-9-25(26)37-38-39)30(33)40-31(36-28)23(19-35-40)22-11-12-24(34-18-22)20-7-3-2-4-8-20/h2-12,18-19,21,42H,13-17,33H2,1H3/t21-,32-. The van der Waals surface area contributed by atoms with Crippen molar-refractivity contribution in [1.29, 1.82) is 0 Å². The molecule has 4 heterocycles. The second-order valence-corrected chi connectivity index (χ2v) is 11.1. The van der Waals surface area contributed by atoms with E-state index >= 15 is 0 Å². The molecule has 3 N–H and O–H groups in total. The van der Waals surface area contributed by atoms with Gasteiger partial charge in [0.05, 0.1) is 42.2 Å². The van der Waals surface area contributed by atoms with Gasteiger partial charge >= 0.3 is 5.97 Å². The zero-order chi connectivity index (χ0) is 29.6. The summed E-state index contributed by atoms with van der Waals surface area (Å²) in [5, 5.41) is 24.6. The van der Waals surface area contributed by atoms with Gasteiger partial charge in [0.2, 0.25) is 0 Å². The van der Waals surface area contributed by atoms with Crippen LogP contribution in [0.1, 0.15) is 43.7 Å². The maximum atomic E-state index is 12.0. The molecule has 1 saturated carbocycles. The molecule has 1 aliphatic rings. The smallest absolute Gasteiger partial charge is 0.308 e. The third kappa shape index (κ3) is 4.77. The average Bonchev–Trinajstić information content (AvgIpc) is 3.67. The number of fused-ring (bicyclic) bond motifs is 2. The summed E-state index contributed by atoms with van der Waals surface area (Å²) in [6.07, 6.45) is 5.59. The Morgan fingerprint density at radius 1 is 1.02 bits per heavy atom. The van der Waals surface area contributed by atoms with Crippen molar-refractivity contribution in [2.24, 2.45) is 0 Å². The molecule has 43 heavy (non-hydrogen) atoms. The molecular formula is C32H30N8O3. The lowest BCUT2D eigenvalue weighted by atomic mass is 9.75. The van der Waals surface area contributed by atoms with Crippen molar-refractivity contribution in [3.8, 4) is 28.1 Å². The second-order valence-electron chi connectivity index (χ2n) is 11.1. The van der Waals surface area contributed by atoms with Crippen LogP contribution in [0.5, 0.6) is 0 Å². The first-order valence-corrected chi connectivity index (χ1v) is 14.2. The molecule has 0 bridgehead atoms. The molecule has 7 rings (SSSR count). The van der Waals surface area contributed by atoms with Crippen LogP contribution in [0.3, 0.4) is 0 Å². The van der Waals surface area contributed by atoms with Crippen LogP contribution in [0.4, 0.5) is 5.82 Å². The number of carbonyl (C=O) groups excluding carboxylic acids is 1. The van der Waals surface area contributed by atoms with Crippen LogP contribution in [0.25, 0.3) is 44.8 Å². The van der Waals surface area contributed by atoms with E-state index < -0.39 is 11.6 Å². The van der Waals surface area contributed by atoms with Gasteiger partial charge < -0.3 is 15.6 Å². The molecule has 1 fully saturated rings. The summed E-state index contributed by atoms with van der Waals surface area (Å²) in [4.78, 5) is 21.9. The molecule has 0 spiro atoms. The van der Waals surface area contributed by atoms with E-state index in [0.717, 1.165) is 39.1 Å². The number of methoxy groups -OCH3 is 1. The zero-order valence-corrected chi connectivity index (χ0v) is 23.6. The number of nitrogen functional groups attached to an aromatic ring is 1. The van der Waals surface area contributed by atoms with Crippen LogP contribution in [0, 0.1) is 0 Å². The topological polar surface area (TPSA) is 146 Å². The van der Waals surface area contributed by atoms with Gasteiger partial charge in [-0.05, 0) is 43.9 Å². The summed E-state index contributed by atoms with van der Waals surface area (Å²) in [6, 6.07) is 21.7. The Bertz CT molecular complexity index is 1940. The normalized spacial score (nSPS) is 18.7. The molecule has 1 aliphatic carbocycles. The average molecular weight is 575 g/mol. The molecule has 0 radical (unpaired) electrons. The number of nitrogens with two attached hydrogens (primary N) is 1. The second kappa shape index (κ2) is 10.6. The van der Waals surface area contributed by atoms with Crippen molar-refractivity contribution in [2.75, 3.05) is 12.8 Å². The van der Waals surface area contributed by atoms with Gasteiger partial charge in [-0.15, -0.1) is 5.10 Å². The van der Waals surface area contributed by atoms with E-state index in [1.807, 2.05) is 72.9 Å². The molecule has 216 valence electrons. The molecule has 0 atom stereocenters. The van der Waals surface area contributed by atoms with E-state index in [4.69, 9.17) is 20.4 Å². The number of rotatable bonds is 6. The largest absolute Gasteiger partial charge is 0.469 e. The van der Waals surface area contributed by atoms with Crippen molar-refractivity contribution in [3.63, 3.8) is 0 Å². The Hall–Kier alpha value is -5.16. The fourth-order valence-electron chi connectivity index (χ4n) is 6.04. The van der Waals surface area contributed by atoms with Crippen LogP contribution in [-0.2, 0) is 9.53 Å². The molecular weight excluding hydrogens is 544 g/mol. The fraction of sp³-hybridized carbons (Fsp3) is 0.250. The minimum absolute atomic E-state index is 0.0376. The predicted molar refractivity (Wildman–Crippen MR) is 161 cm³/mol. The minimum Gasteiger partial charge on any atom is -0.469 e. The number of benzene rings is 2. The van der Waals surface area contributed by atoms with Crippen LogP contribution < -0.4 is 5.73 Å². The Kier molecular flexibility index (Phi) is 6.58. The van der Waals surface area contributed by atoms with Gasteiger partial charge in [-0.25, -0.2) is 9.67 Å². The molecule has 11 nitrogen and oxygen atoms in total. The van der Waals surface area contributed by atoms with E-state index in [0.29, 0.717) is 42.8 Å². The molecule has 0 unspecified atom stereocenters. The van der Waals surface area contributed by atoms with E-state index in [1.165, 1.54) is 7.11 Å². The molecule has 6 aromatic rings. The van der Waals surface area contributed by atoms with E-state index in [1.54, 1.807) is 15.4 Å². The summed E-state index contributed by atoms with van der Waals surface area (Å²) >= 11 is 0. The van der Waals surface area contributed by atoms with Crippen molar-refractivity contribution >= 4 is 28.5 Å². The summed E-state index contributed by atoms with van der Waals surface area (Å²) in [5.41, 5.74) is 12.8. The van der Waals surface area contributed by atoms with E-state index in [2.05, 4.69) is 15.4 Å². The zero-order valence-electron chi connectivity index (χ0n) is 23.6. The first-order chi connectivity index (χ1) is 20.9. The monoisotopic (exact) mass is 574 g/mol. The van der Waals surface area contributed by atoms with Crippen molar-refractivity contribution in [2.45, 2.75) is 43.6 Å². The SMILES string of the molecule is COC(=O)C[C@]1(O)CC[C@H](c2nc3c(-c4ccc(-c5ccccc5)nc4)cnn3c(N)c2-n2nnc3ccccc32)CC1. The van der Waals surface area contributed by atoms with Crippen LogP contribution >= 0.6 is 0 Å². The van der Waals surface area contributed by atoms with Crippen molar-refractivity contribution in [1.82, 2.24) is 34.6 Å². The Balaban J connectivity index is 1.34. The first kappa shape index (κ1) is 26.7. The number of aromatic nitrogens is 7. The number of anilines is 1. The first-order valence-electron chi connectivity index (χ1n) is 14.2. The lowest BCUT2D eigenvalue weighted by Gasteiger charge is -2.35. The van der Waals surface area contributed by atoms with E-state index in [-0.39, 0.29) is 12.3 Å². The number of ether oxygens (including phenoxy) is 1.